The Morgan fingerprint density at radius 3 is 2.53 bits per heavy atom. The van der Waals surface area contributed by atoms with Gasteiger partial charge in [-0.25, -0.2) is 9.98 Å². The topological polar surface area (TPSA) is 119 Å². The third-order valence-electron chi connectivity index (χ3n) is 10.1. The van der Waals surface area contributed by atoms with E-state index in [9.17, 15) is 19.8 Å². The Bertz CT molecular complexity index is 1390. The Balaban J connectivity index is 1.17. The van der Waals surface area contributed by atoms with Gasteiger partial charge in [-0.05, 0) is 85.6 Å². The van der Waals surface area contributed by atoms with Crippen molar-refractivity contribution in [2.45, 2.75) is 96.7 Å². The van der Waals surface area contributed by atoms with Crippen molar-refractivity contribution in [3.05, 3.63) is 46.9 Å². The zero-order valence-corrected chi connectivity index (χ0v) is 25.8. The molecule has 4 aliphatic rings. The average Bonchev–Trinajstić information content (AvgIpc) is 3.56. The number of carbonyl (C=O) groups is 2. The fraction of sp³-hybridized carbons (Fsp3) is 0.618. The lowest BCUT2D eigenvalue weighted by Crippen LogP contribution is -2.37. The molecule has 3 atom stereocenters. The molecule has 0 bridgehead atoms. The van der Waals surface area contributed by atoms with Crippen molar-refractivity contribution in [1.29, 1.82) is 0 Å². The van der Waals surface area contributed by atoms with Crippen LogP contribution in [0.4, 0.5) is 11.5 Å². The number of aryl methyl sites for hydroxylation is 1. The summed E-state index contributed by atoms with van der Waals surface area (Å²) < 4.78 is 0. The number of piperidine rings is 1. The second-order valence-electron chi connectivity index (χ2n) is 14.0. The van der Waals surface area contributed by atoms with Gasteiger partial charge in [-0.15, -0.1) is 0 Å². The fourth-order valence-electron chi connectivity index (χ4n) is 7.07. The number of nitrogens with zero attached hydrogens (tertiary/aromatic N) is 5. The van der Waals surface area contributed by atoms with Crippen LogP contribution in [-0.2, 0) is 28.9 Å². The summed E-state index contributed by atoms with van der Waals surface area (Å²) in [6, 6.07) is 5.96. The Morgan fingerprint density at radius 1 is 1.07 bits per heavy atom. The van der Waals surface area contributed by atoms with E-state index >= 15 is 0 Å². The molecule has 0 spiro atoms. The number of likely N-dealkylation sites (tertiary alicyclic amines) is 1. The number of amides is 1. The number of rotatable bonds is 8. The highest BCUT2D eigenvalue weighted by Gasteiger charge is 2.33. The van der Waals surface area contributed by atoms with Crippen LogP contribution in [0.2, 0.25) is 0 Å². The van der Waals surface area contributed by atoms with Crippen LogP contribution in [0.5, 0.6) is 0 Å². The van der Waals surface area contributed by atoms with Gasteiger partial charge < -0.3 is 15.1 Å². The van der Waals surface area contributed by atoms with E-state index in [4.69, 9.17) is 9.98 Å². The lowest BCUT2D eigenvalue weighted by molar-refractivity contribution is -0.124. The third-order valence-corrected chi connectivity index (χ3v) is 10.1. The maximum atomic E-state index is 13.7. The van der Waals surface area contributed by atoms with E-state index in [-0.39, 0.29) is 29.1 Å². The fourth-order valence-corrected chi connectivity index (χ4v) is 7.07. The molecule has 0 aromatic carbocycles. The molecular formula is C34H45N5O4. The SMILES string of the molecule is CC(C)(C)[C@H]1CCc2nc3c(cc2C1)N=C(C(=O)C[C@H](CCN1CCC(O)CC1)c1ccc(N2CCC(O)C2=O)nc1)C3. The minimum absolute atomic E-state index is 0.0459. The molecule has 0 radical (unpaired) electrons. The molecule has 3 aliphatic heterocycles. The summed E-state index contributed by atoms with van der Waals surface area (Å²) in [6.45, 7) is 9.91. The van der Waals surface area contributed by atoms with E-state index < -0.39 is 6.10 Å². The van der Waals surface area contributed by atoms with Crippen LogP contribution in [0.1, 0.15) is 87.7 Å². The molecule has 5 heterocycles. The second-order valence-corrected chi connectivity index (χ2v) is 14.0. The number of aliphatic hydroxyl groups is 2. The summed E-state index contributed by atoms with van der Waals surface area (Å²) in [6.07, 6.45) is 7.28. The standard InChI is InChI=1S/C34H45N5O4/c1-34(2,3)24-5-6-26-23(16-24)17-27-28(36-26)19-29(37-27)31(42)18-21(8-12-38-13-9-25(40)10-14-38)22-4-7-32(35-20-22)39-15-11-30(41)33(39)43/h4,7,17,20-21,24-25,30,40-41H,5-6,8-16,18-19H2,1-3H3/t21-,24-,30?/m0/s1. The highest BCUT2D eigenvalue weighted by Crippen LogP contribution is 2.39. The normalized spacial score (nSPS) is 23.7. The summed E-state index contributed by atoms with van der Waals surface area (Å²) in [5.74, 6) is 0.816. The van der Waals surface area contributed by atoms with E-state index in [1.54, 1.807) is 6.20 Å². The lowest BCUT2D eigenvalue weighted by atomic mass is 9.71. The number of aliphatic imine (C=N–C) groups is 1. The summed E-state index contributed by atoms with van der Waals surface area (Å²) >= 11 is 0. The van der Waals surface area contributed by atoms with Crippen LogP contribution in [-0.4, -0.2) is 80.9 Å². The highest BCUT2D eigenvalue weighted by atomic mass is 16.3. The van der Waals surface area contributed by atoms with Crippen molar-refractivity contribution in [2.24, 2.45) is 16.3 Å². The highest BCUT2D eigenvalue weighted by molar-refractivity contribution is 6.41. The zero-order valence-electron chi connectivity index (χ0n) is 25.8. The second kappa shape index (κ2) is 12.2. The van der Waals surface area contributed by atoms with E-state index in [1.165, 1.54) is 16.2 Å². The number of aromatic nitrogens is 2. The van der Waals surface area contributed by atoms with Crippen molar-refractivity contribution >= 4 is 28.9 Å². The van der Waals surface area contributed by atoms with Gasteiger partial charge in [0.1, 0.15) is 11.9 Å². The van der Waals surface area contributed by atoms with Gasteiger partial charge in [0.25, 0.3) is 5.91 Å². The molecule has 230 valence electrons. The molecule has 2 fully saturated rings. The first-order valence-electron chi connectivity index (χ1n) is 16.0. The molecule has 2 saturated heterocycles. The van der Waals surface area contributed by atoms with Gasteiger partial charge in [0.15, 0.2) is 5.78 Å². The minimum atomic E-state index is -0.967. The average molecular weight is 588 g/mol. The summed E-state index contributed by atoms with van der Waals surface area (Å²) in [5, 5.41) is 19.8. The number of Topliss-reactive ketones (excluding diaryl/α,β-unsaturated/α-hetero) is 1. The molecule has 1 aliphatic carbocycles. The summed E-state index contributed by atoms with van der Waals surface area (Å²) in [5.41, 5.74) is 6.02. The number of carbonyl (C=O) groups excluding carboxylic acids is 2. The number of hydrogen-bond donors (Lipinski definition) is 2. The first kappa shape index (κ1) is 30.0. The van der Waals surface area contributed by atoms with Crippen molar-refractivity contribution in [3.63, 3.8) is 0 Å². The van der Waals surface area contributed by atoms with Crippen molar-refractivity contribution in [1.82, 2.24) is 14.9 Å². The maximum absolute atomic E-state index is 13.7. The Hall–Kier alpha value is -3.01. The molecule has 2 aromatic rings. The minimum Gasteiger partial charge on any atom is -0.393 e. The first-order chi connectivity index (χ1) is 20.5. The molecule has 6 rings (SSSR count). The molecule has 1 amide bonds. The molecule has 43 heavy (non-hydrogen) atoms. The smallest absolute Gasteiger partial charge is 0.257 e. The van der Waals surface area contributed by atoms with E-state index in [1.807, 2.05) is 12.1 Å². The van der Waals surface area contributed by atoms with Crippen molar-refractivity contribution in [3.8, 4) is 0 Å². The Kier molecular flexibility index (Phi) is 8.50. The van der Waals surface area contributed by atoms with E-state index in [0.29, 0.717) is 43.3 Å². The number of anilines is 1. The van der Waals surface area contributed by atoms with Gasteiger partial charge in [0.2, 0.25) is 0 Å². The number of pyridine rings is 2. The number of fused-ring (bicyclic) bond motifs is 2. The summed E-state index contributed by atoms with van der Waals surface area (Å²) in [7, 11) is 0. The molecule has 1 unspecified atom stereocenters. The molecule has 2 N–H and O–H groups in total. The van der Waals surface area contributed by atoms with Crippen LogP contribution in [0.15, 0.2) is 29.4 Å². The first-order valence-corrected chi connectivity index (χ1v) is 16.0. The largest absolute Gasteiger partial charge is 0.393 e. The van der Waals surface area contributed by atoms with Crippen molar-refractivity contribution < 1.29 is 19.8 Å². The van der Waals surface area contributed by atoms with E-state index in [2.05, 4.69) is 36.7 Å². The molecular weight excluding hydrogens is 542 g/mol. The maximum Gasteiger partial charge on any atom is 0.257 e. The predicted molar refractivity (Wildman–Crippen MR) is 166 cm³/mol. The molecule has 0 saturated carbocycles. The van der Waals surface area contributed by atoms with Gasteiger partial charge in [0, 0.05) is 50.8 Å². The number of ketones is 1. The van der Waals surface area contributed by atoms with Crippen LogP contribution in [0, 0.1) is 11.3 Å². The molecule has 2 aromatic heterocycles. The molecule has 9 heteroatoms. The number of hydrogen-bond acceptors (Lipinski definition) is 8. The lowest BCUT2D eigenvalue weighted by Gasteiger charge is -2.34. The van der Waals surface area contributed by atoms with Gasteiger partial charge in [-0.1, -0.05) is 26.8 Å². The van der Waals surface area contributed by atoms with Gasteiger partial charge in [-0.3, -0.25) is 19.5 Å². The van der Waals surface area contributed by atoms with E-state index in [0.717, 1.165) is 75.1 Å². The quantitative estimate of drug-likeness (QED) is 0.480. The van der Waals surface area contributed by atoms with Crippen LogP contribution >= 0.6 is 0 Å². The van der Waals surface area contributed by atoms with Crippen LogP contribution in [0.25, 0.3) is 0 Å². The van der Waals surface area contributed by atoms with Gasteiger partial charge in [0.05, 0.1) is 23.2 Å². The van der Waals surface area contributed by atoms with Crippen LogP contribution < -0.4 is 4.90 Å². The third kappa shape index (κ3) is 6.59. The monoisotopic (exact) mass is 587 g/mol. The molecule has 9 nitrogen and oxygen atoms in total. The number of aliphatic hydroxyl groups excluding tert-OH is 2. The predicted octanol–water partition coefficient (Wildman–Crippen LogP) is 3.94. The Morgan fingerprint density at radius 2 is 1.86 bits per heavy atom. The summed E-state index contributed by atoms with van der Waals surface area (Å²) in [4.78, 5) is 44.3. The van der Waals surface area contributed by atoms with Gasteiger partial charge in [-0.2, -0.15) is 0 Å². The van der Waals surface area contributed by atoms with Crippen LogP contribution in [0.3, 0.4) is 0 Å². The Labute approximate surface area is 254 Å². The zero-order chi connectivity index (χ0) is 30.3. The van der Waals surface area contributed by atoms with Crippen molar-refractivity contribution in [2.75, 3.05) is 31.1 Å². The van der Waals surface area contributed by atoms with Gasteiger partial charge >= 0.3 is 0 Å².